The number of benzene rings is 1. The molecule has 0 bridgehead atoms. The number of ether oxygens (including phenoxy) is 2. The topological polar surface area (TPSA) is 55.8 Å². The highest BCUT2D eigenvalue weighted by Gasteiger charge is 2.30. The van der Waals surface area contributed by atoms with Crippen molar-refractivity contribution >= 4 is 21.9 Å². The van der Waals surface area contributed by atoms with E-state index in [0.29, 0.717) is 19.6 Å². The van der Waals surface area contributed by atoms with Gasteiger partial charge in [-0.25, -0.2) is 4.79 Å². The first-order valence-corrected chi connectivity index (χ1v) is 6.65. The molecule has 1 fully saturated rings. The Balaban J connectivity index is 1.72. The molecule has 1 aromatic carbocycles. The van der Waals surface area contributed by atoms with E-state index in [9.17, 15) is 4.79 Å². The van der Waals surface area contributed by atoms with Gasteiger partial charge in [-0.1, -0.05) is 28.1 Å². The number of hydrogen-bond donors (Lipinski definition) is 1. The molecule has 0 aliphatic carbocycles. The summed E-state index contributed by atoms with van der Waals surface area (Å²) in [6.07, 6.45) is 0.554. The Bertz CT molecular complexity index is 421. The van der Waals surface area contributed by atoms with Crippen molar-refractivity contribution in [2.45, 2.75) is 31.7 Å². The number of aliphatic carboxylic acids is 1. The van der Waals surface area contributed by atoms with Gasteiger partial charge in [-0.05, 0) is 30.5 Å². The van der Waals surface area contributed by atoms with Gasteiger partial charge in [0.05, 0.1) is 19.3 Å². The highest BCUT2D eigenvalue weighted by Crippen LogP contribution is 2.20. The average molecular weight is 315 g/mol. The first kappa shape index (κ1) is 13.5. The van der Waals surface area contributed by atoms with Crippen molar-refractivity contribution < 1.29 is 19.4 Å². The summed E-state index contributed by atoms with van der Waals surface area (Å²) in [6, 6.07) is 7.90. The number of carbonyl (C=O) groups is 1. The van der Waals surface area contributed by atoms with Crippen LogP contribution >= 0.6 is 15.9 Å². The minimum atomic E-state index is -0.885. The molecule has 1 aliphatic rings. The van der Waals surface area contributed by atoms with Crippen LogP contribution in [0.5, 0.6) is 0 Å². The van der Waals surface area contributed by atoms with Gasteiger partial charge in [0.2, 0.25) is 0 Å². The Labute approximate surface area is 114 Å². The maximum Gasteiger partial charge on any atom is 0.332 e. The first-order valence-electron chi connectivity index (χ1n) is 5.85. The molecule has 98 valence electrons. The third-order valence-corrected chi connectivity index (χ3v) is 3.34. The Morgan fingerprint density at radius 3 is 3.00 bits per heavy atom. The summed E-state index contributed by atoms with van der Waals surface area (Å²) < 4.78 is 11.9. The van der Waals surface area contributed by atoms with Crippen molar-refractivity contribution in [3.63, 3.8) is 0 Å². The third kappa shape index (κ3) is 3.80. The van der Waals surface area contributed by atoms with Crippen LogP contribution in [0.25, 0.3) is 0 Å². The van der Waals surface area contributed by atoms with Gasteiger partial charge in [0.15, 0.2) is 6.10 Å². The smallest absolute Gasteiger partial charge is 0.332 e. The number of hydrogen-bond acceptors (Lipinski definition) is 3. The van der Waals surface area contributed by atoms with Gasteiger partial charge in [-0.2, -0.15) is 0 Å². The summed E-state index contributed by atoms with van der Waals surface area (Å²) in [5, 5.41) is 8.79. The Morgan fingerprint density at radius 1 is 1.50 bits per heavy atom. The quantitative estimate of drug-likeness (QED) is 0.907. The third-order valence-electron chi connectivity index (χ3n) is 2.84. The molecule has 1 aromatic rings. The molecule has 2 unspecified atom stereocenters. The highest BCUT2D eigenvalue weighted by molar-refractivity contribution is 9.10. The highest BCUT2D eigenvalue weighted by atomic mass is 79.9. The summed E-state index contributed by atoms with van der Waals surface area (Å²) in [5.41, 5.74) is 1.08. The number of rotatable bonds is 5. The van der Waals surface area contributed by atoms with E-state index in [-0.39, 0.29) is 6.10 Å². The standard InChI is InChI=1S/C13H15BrO4/c14-10-3-1-2-9(6-10)7-17-8-11-4-5-12(18-11)13(15)16/h1-3,6,11-12H,4-5,7-8H2,(H,15,16). The van der Waals surface area contributed by atoms with Crippen LogP contribution in [0, 0.1) is 0 Å². The lowest BCUT2D eigenvalue weighted by Crippen LogP contribution is -2.22. The predicted octanol–water partition coefficient (Wildman–Crippen LogP) is 2.60. The van der Waals surface area contributed by atoms with Gasteiger partial charge >= 0.3 is 5.97 Å². The number of carboxylic acid groups (broad SMARTS) is 1. The zero-order valence-electron chi connectivity index (χ0n) is 9.84. The lowest BCUT2D eigenvalue weighted by atomic mass is 10.2. The molecular formula is C13H15BrO4. The fraction of sp³-hybridized carbons (Fsp3) is 0.462. The fourth-order valence-electron chi connectivity index (χ4n) is 1.94. The molecule has 1 saturated heterocycles. The molecule has 0 radical (unpaired) electrons. The van der Waals surface area contributed by atoms with Gasteiger partial charge in [-0.3, -0.25) is 0 Å². The Morgan fingerprint density at radius 2 is 2.33 bits per heavy atom. The van der Waals surface area contributed by atoms with Crippen molar-refractivity contribution in [2.24, 2.45) is 0 Å². The molecule has 1 aliphatic heterocycles. The van der Waals surface area contributed by atoms with Crippen molar-refractivity contribution in [2.75, 3.05) is 6.61 Å². The average Bonchev–Trinajstić information content (AvgIpc) is 2.78. The number of carboxylic acids is 1. The zero-order chi connectivity index (χ0) is 13.0. The molecule has 1 heterocycles. The molecule has 2 rings (SSSR count). The first-order chi connectivity index (χ1) is 8.65. The monoisotopic (exact) mass is 314 g/mol. The van der Waals surface area contributed by atoms with E-state index >= 15 is 0 Å². The molecule has 4 nitrogen and oxygen atoms in total. The van der Waals surface area contributed by atoms with Gasteiger partial charge < -0.3 is 14.6 Å². The van der Waals surface area contributed by atoms with E-state index in [1.54, 1.807) is 0 Å². The van der Waals surface area contributed by atoms with E-state index in [2.05, 4.69) is 15.9 Å². The summed E-state index contributed by atoms with van der Waals surface area (Å²) in [5.74, 6) is -0.885. The van der Waals surface area contributed by atoms with Gasteiger partial charge in [0.25, 0.3) is 0 Å². The normalized spacial score (nSPS) is 23.2. The van der Waals surface area contributed by atoms with Crippen LogP contribution in [0.15, 0.2) is 28.7 Å². The second-order valence-electron chi connectivity index (χ2n) is 4.31. The molecular weight excluding hydrogens is 300 g/mol. The SMILES string of the molecule is O=C(O)C1CCC(COCc2cccc(Br)c2)O1. The molecule has 0 saturated carbocycles. The summed E-state index contributed by atoms with van der Waals surface area (Å²) in [7, 11) is 0. The zero-order valence-corrected chi connectivity index (χ0v) is 11.4. The van der Waals surface area contributed by atoms with Crippen molar-refractivity contribution in [3.05, 3.63) is 34.3 Å². The largest absolute Gasteiger partial charge is 0.479 e. The number of halogens is 1. The molecule has 0 spiro atoms. The summed E-state index contributed by atoms with van der Waals surface area (Å²) >= 11 is 3.40. The van der Waals surface area contributed by atoms with Crippen LogP contribution in [0.2, 0.25) is 0 Å². The fourth-order valence-corrected chi connectivity index (χ4v) is 2.39. The summed E-state index contributed by atoms with van der Waals surface area (Å²) in [4.78, 5) is 10.7. The van der Waals surface area contributed by atoms with E-state index in [4.69, 9.17) is 14.6 Å². The molecule has 1 N–H and O–H groups in total. The molecule has 0 amide bonds. The van der Waals surface area contributed by atoms with Crippen LogP contribution in [-0.4, -0.2) is 29.9 Å². The van der Waals surface area contributed by atoms with Gasteiger partial charge in [-0.15, -0.1) is 0 Å². The maximum absolute atomic E-state index is 10.7. The minimum absolute atomic E-state index is 0.0988. The van der Waals surface area contributed by atoms with Crippen LogP contribution in [0.1, 0.15) is 18.4 Å². The second-order valence-corrected chi connectivity index (χ2v) is 5.22. The van der Waals surface area contributed by atoms with Gasteiger partial charge in [0, 0.05) is 4.47 Å². The van der Waals surface area contributed by atoms with E-state index in [0.717, 1.165) is 16.5 Å². The summed E-state index contributed by atoms with van der Waals surface area (Å²) in [6.45, 7) is 0.952. The minimum Gasteiger partial charge on any atom is -0.479 e. The van der Waals surface area contributed by atoms with E-state index in [1.807, 2.05) is 24.3 Å². The van der Waals surface area contributed by atoms with Crippen LogP contribution in [-0.2, 0) is 20.9 Å². The maximum atomic E-state index is 10.7. The Kier molecular flexibility index (Phi) is 4.74. The van der Waals surface area contributed by atoms with Gasteiger partial charge in [0.1, 0.15) is 0 Å². The molecule has 0 aromatic heterocycles. The predicted molar refractivity (Wildman–Crippen MR) is 69.3 cm³/mol. The molecule has 18 heavy (non-hydrogen) atoms. The lowest BCUT2D eigenvalue weighted by molar-refractivity contribution is -0.150. The Hall–Kier alpha value is -0.910. The van der Waals surface area contributed by atoms with Crippen molar-refractivity contribution in [3.8, 4) is 0 Å². The second kappa shape index (κ2) is 6.31. The van der Waals surface area contributed by atoms with Crippen LogP contribution in [0.3, 0.4) is 0 Å². The lowest BCUT2D eigenvalue weighted by Gasteiger charge is -2.11. The van der Waals surface area contributed by atoms with Crippen LogP contribution < -0.4 is 0 Å². The molecule has 2 atom stereocenters. The van der Waals surface area contributed by atoms with Crippen molar-refractivity contribution in [1.82, 2.24) is 0 Å². The molecule has 5 heteroatoms. The van der Waals surface area contributed by atoms with Crippen molar-refractivity contribution in [1.29, 1.82) is 0 Å². The van der Waals surface area contributed by atoms with E-state index < -0.39 is 12.1 Å². The van der Waals surface area contributed by atoms with Crippen LogP contribution in [0.4, 0.5) is 0 Å². The van der Waals surface area contributed by atoms with E-state index in [1.165, 1.54) is 0 Å².